The van der Waals surface area contributed by atoms with Crippen molar-refractivity contribution < 1.29 is 9.53 Å². The normalized spacial score (nSPS) is 40.6. The van der Waals surface area contributed by atoms with Crippen LogP contribution >= 0.6 is 0 Å². The summed E-state index contributed by atoms with van der Waals surface area (Å²) in [4.78, 5) is 12.6. The fourth-order valence-electron chi connectivity index (χ4n) is 1.51. The van der Waals surface area contributed by atoms with Crippen LogP contribution in [-0.2, 0) is 9.53 Å². The molecule has 1 amide bonds. The first kappa shape index (κ1) is 5.23. The molecule has 2 aliphatic rings. The van der Waals surface area contributed by atoms with E-state index in [1.807, 2.05) is 0 Å². The SMILES string of the molecule is CN1C(=O)[C@@H]2CCO[C@@H]21. The summed E-state index contributed by atoms with van der Waals surface area (Å²) in [6.45, 7) is 0.755. The second kappa shape index (κ2) is 1.48. The van der Waals surface area contributed by atoms with Crippen LogP contribution < -0.4 is 0 Å². The Morgan fingerprint density at radius 1 is 1.78 bits per heavy atom. The Balaban J connectivity index is 2.14. The zero-order valence-corrected chi connectivity index (χ0v) is 5.33. The van der Waals surface area contributed by atoms with Gasteiger partial charge in [0.1, 0.15) is 6.23 Å². The summed E-state index contributed by atoms with van der Waals surface area (Å²) < 4.78 is 5.24. The lowest BCUT2D eigenvalue weighted by Crippen LogP contribution is -2.56. The predicted octanol–water partition coefficient (Wildman–Crippen LogP) is -0.179. The van der Waals surface area contributed by atoms with Crippen molar-refractivity contribution in [2.75, 3.05) is 13.7 Å². The molecule has 0 aromatic heterocycles. The molecule has 3 nitrogen and oxygen atoms in total. The number of likely N-dealkylation sites (tertiary alicyclic amines) is 1. The minimum atomic E-state index is 0.123. The third-order valence-corrected chi connectivity index (χ3v) is 2.11. The number of fused-ring (bicyclic) bond motifs is 1. The van der Waals surface area contributed by atoms with Gasteiger partial charge in [-0.1, -0.05) is 0 Å². The van der Waals surface area contributed by atoms with E-state index >= 15 is 0 Å². The maximum Gasteiger partial charge on any atom is 0.232 e. The Morgan fingerprint density at radius 2 is 2.56 bits per heavy atom. The van der Waals surface area contributed by atoms with Crippen molar-refractivity contribution in [3.63, 3.8) is 0 Å². The lowest BCUT2D eigenvalue weighted by atomic mass is 9.96. The highest BCUT2D eigenvalue weighted by molar-refractivity contribution is 5.85. The lowest BCUT2D eigenvalue weighted by Gasteiger charge is -2.38. The zero-order chi connectivity index (χ0) is 6.43. The van der Waals surface area contributed by atoms with Crippen LogP contribution in [0.3, 0.4) is 0 Å². The number of rotatable bonds is 0. The summed E-state index contributed by atoms with van der Waals surface area (Å²) in [6.07, 6.45) is 1.05. The van der Waals surface area contributed by atoms with Gasteiger partial charge in [-0.25, -0.2) is 0 Å². The number of amides is 1. The predicted molar refractivity (Wildman–Crippen MR) is 30.6 cm³/mol. The molecule has 2 atom stereocenters. The van der Waals surface area contributed by atoms with Crippen LogP contribution in [0.15, 0.2) is 0 Å². The zero-order valence-electron chi connectivity index (χ0n) is 5.33. The lowest BCUT2D eigenvalue weighted by molar-refractivity contribution is -0.170. The highest BCUT2D eigenvalue weighted by Gasteiger charge is 2.48. The van der Waals surface area contributed by atoms with Crippen molar-refractivity contribution in [3.05, 3.63) is 0 Å². The Hall–Kier alpha value is -0.570. The van der Waals surface area contributed by atoms with Crippen molar-refractivity contribution in [2.45, 2.75) is 12.6 Å². The van der Waals surface area contributed by atoms with E-state index in [2.05, 4.69) is 0 Å². The summed E-state index contributed by atoms with van der Waals surface area (Å²) in [7, 11) is 1.79. The van der Waals surface area contributed by atoms with E-state index < -0.39 is 0 Å². The average Bonchev–Trinajstić information content (AvgIpc) is 2.30. The van der Waals surface area contributed by atoms with E-state index in [4.69, 9.17) is 4.74 Å². The van der Waals surface area contributed by atoms with Gasteiger partial charge in [0.2, 0.25) is 5.91 Å². The fourth-order valence-corrected chi connectivity index (χ4v) is 1.51. The van der Waals surface area contributed by atoms with Gasteiger partial charge in [-0.05, 0) is 6.42 Å². The van der Waals surface area contributed by atoms with Gasteiger partial charge in [0.15, 0.2) is 0 Å². The Morgan fingerprint density at radius 3 is 3.22 bits per heavy atom. The van der Waals surface area contributed by atoms with Crippen LogP contribution in [0.2, 0.25) is 0 Å². The standard InChI is InChI=1S/C6H9NO2/c1-7-5(8)4-2-3-9-6(4)7/h4,6H,2-3H2,1H3/t4-,6-/m0/s1. The van der Waals surface area contributed by atoms with Gasteiger partial charge >= 0.3 is 0 Å². The molecular formula is C6H9NO2. The number of carbonyl (C=O) groups is 1. The molecule has 2 fully saturated rings. The van der Waals surface area contributed by atoms with Crippen LogP contribution in [0.4, 0.5) is 0 Å². The molecular weight excluding hydrogens is 118 g/mol. The fraction of sp³-hybridized carbons (Fsp3) is 0.833. The number of β-lactam (4-membered cyclic amide) rings is 1. The Kier molecular flexibility index (Phi) is 0.858. The molecule has 0 unspecified atom stereocenters. The number of hydrogen-bond acceptors (Lipinski definition) is 2. The number of hydrogen-bond donors (Lipinski definition) is 0. The van der Waals surface area contributed by atoms with E-state index in [9.17, 15) is 4.79 Å². The first-order valence-corrected chi connectivity index (χ1v) is 3.19. The smallest absolute Gasteiger partial charge is 0.232 e. The molecule has 0 aromatic rings. The van der Waals surface area contributed by atoms with E-state index in [1.165, 1.54) is 0 Å². The summed E-state index contributed by atoms with van der Waals surface area (Å²) >= 11 is 0. The first-order chi connectivity index (χ1) is 4.30. The van der Waals surface area contributed by atoms with Crippen LogP contribution in [0.1, 0.15) is 6.42 Å². The molecule has 0 radical (unpaired) electrons. The maximum atomic E-state index is 10.9. The molecule has 0 aliphatic carbocycles. The molecule has 0 bridgehead atoms. The molecule has 3 heteroatoms. The topological polar surface area (TPSA) is 29.5 Å². The molecule has 2 rings (SSSR count). The number of ether oxygens (including phenoxy) is 1. The van der Waals surface area contributed by atoms with Gasteiger partial charge < -0.3 is 9.64 Å². The summed E-state index contributed by atoms with van der Waals surface area (Å²) in [6, 6.07) is 0. The number of carbonyl (C=O) groups excluding carboxylic acids is 1. The molecule has 0 spiro atoms. The van der Waals surface area contributed by atoms with Crippen LogP contribution in [-0.4, -0.2) is 30.7 Å². The Bertz CT molecular complexity index is 157. The molecule has 0 saturated carbocycles. The second-order valence-corrected chi connectivity index (χ2v) is 2.61. The molecule has 2 heterocycles. The minimum absolute atomic E-state index is 0.123. The number of nitrogens with zero attached hydrogens (tertiary/aromatic N) is 1. The summed E-state index contributed by atoms with van der Waals surface area (Å²) in [5.41, 5.74) is 0. The van der Waals surface area contributed by atoms with E-state index in [0.29, 0.717) is 0 Å². The van der Waals surface area contributed by atoms with Gasteiger partial charge in [-0.3, -0.25) is 4.79 Å². The Labute approximate surface area is 53.6 Å². The largest absolute Gasteiger partial charge is 0.357 e. The van der Waals surface area contributed by atoms with Gasteiger partial charge in [0.25, 0.3) is 0 Å². The van der Waals surface area contributed by atoms with Gasteiger partial charge in [-0.15, -0.1) is 0 Å². The van der Waals surface area contributed by atoms with Crippen LogP contribution in [0.25, 0.3) is 0 Å². The van der Waals surface area contributed by atoms with Crippen molar-refractivity contribution in [1.82, 2.24) is 4.90 Å². The first-order valence-electron chi connectivity index (χ1n) is 3.19. The van der Waals surface area contributed by atoms with Crippen molar-refractivity contribution in [2.24, 2.45) is 5.92 Å². The van der Waals surface area contributed by atoms with Crippen molar-refractivity contribution in [3.8, 4) is 0 Å². The summed E-state index contributed by atoms with van der Waals surface area (Å²) in [5, 5.41) is 0. The van der Waals surface area contributed by atoms with Crippen LogP contribution in [0, 0.1) is 5.92 Å². The maximum absolute atomic E-state index is 10.9. The third kappa shape index (κ3) is 0.477. The monoisotopic (exact) mass is 127 g/mol. The van der Waals surface area contributed by atoms with Crippen LogP contribution in [0.5, 0.6) is 0 Å². The molecule has 9 heavy (non-hydrogen) atoms. The van der Waals surface area contributed by atoms with Crippen molar-refractivity contribution in [1.29, 1.82) is 0 Å². The second-order valence-electron chi connectivity index (χ2n) is 2.61. The van der Waals surface area contributed by atoms with Gasteiger partial charge in [0, 0.05) is 7.05 Å². The van der Waals surface area contributed by atoms with Gasteiger partial charge in [0.05, 0.1) is 12.5 Å². The molecule has 2 saturated heterocycles. The van der Waals surface area contributed by atoms with Crippen molar-refractivity contribution >= 4 is 5.91 Å². The molecule has 50 valence electrons. The third-order valence-electron chi connectivity index (χ3n) is 2.11. The quantitative estimate of drug-likeness (QED) is 0.422. The highest BCUT2D eigenvalue weighted by atomic mass is 16.5. The molecule has 0 aromatic carbocycles. The molecule has 2 aliphatic heterocycles. The van der Waals surface area contributed by atoms with Gasteiger partial charge in [-0.2, -0.15) is 0 Å². The van der Waals surface area contributed by atoms with E-state index in [0.717, 1.165) is 13.0 Å². The average molecular weight is 127 g/mol. The minimum Gasteiger partial charge on any atom is -0.357 e. The van der Waals surface area contributed by atoms with E-state index in [1.54, 1.807) is 11.9 Å². The summed E-state index contributed by atoms with van der Waals surface area (Å²) in [5.74, 6) is 0.451. The molecule has 0 N–H and O–H groups in total. The highest BCUT2D eigenvalue weighted by Crippen LogP contribution is 2.33. The van der Waals surface area contributed by atoms with E-state index in [-0.39, 0.29) is 18.1 Å².